The summed E-state index contributed by atoms with van der Waals surface area (Å²) in [4.78, 5) is 2.57. The molecule has 0 aromatic carbocycles. The monoisotopic (exact) mass is 245 g/mol. The number of methoxy groups -OCH3 is 1. The Morgan fingerprint density at radius 1 is 1.38 bits per heavy atom. The van der Waals surface area contributed by atoms with Gasteiger partial charge in [-0.15, -0.1) is 0 Å². The Morgan fingerprint density at radius 3 is 2.56 bits per heavy atom. The molecule has 1 aliphatic rings. The summed E-state index contributed by atoms with van der Waals surface area (Å²) in [5.74, 6) is 0.994. The van der Waals surface area contributed by atoms with E-state index in [1.165, 1.54) is 38.8 Å². The number of ether oxygens (including phenoxy) is 1. The van der Waals surface area contributed by atoms with Gasteiger partial charge in [-0.25, -0.2) is 0 Å². The number of hydrogen-bond donors (Lipinski definition) is 1. The molecule has 0 aromatic heterocycles. The van der Waals surface area contributed by atoms with Gasteiger partial charge in [0.1, 0.15) is 0 Å². The highest BCUT2D eigenvalue weighted by molar-refractivity contribution is 7.80. The maximum Gasteiger partial charge on any atom is 0.0698 e. The minimum absolute atomic E-state index is 0.402. The van der Waals surface area contributed by atoms with E-state index < -0.39 is 0 Å². The van der Waals surface area contributed by atoms with Crippen molar-refractivity contribution >= 4 is 12.6 Å². The van der Waals surface area contributed by atoms with Crippen LogP contribution >= 0.6 is 12.6 Å². The molecule has 1 aliphatic heterocycles. The maximum absolute atomic E-state index is 5.48. The molecule has 0 amide bonds. The van der Waals surface area contributed by atoms with Crippen molar-refractivity contribution in [1.82, 2.24) is 4.90 Å². The second-order valence-corrected chi connectivity index (χ2v) is 5.42. The lowest BCUT2D eigenvalue weighted by Gasteiger charge is -2.39. The molecule has 0 spiro atoms. The van der Waals surface area contributed by atoms with Crippen molar-refractivity contribution in [2.45, 2.75) is 45.6 Å². The molecule has 3 heteroatoms. The minimum Gasteiger partial charge on any atom is -0.380 e. The van der Waals surface area contributed by atoms with E-state index in [9.17, 15) is 0 Å². The molecular formula is C13H27NOS. The van der Waals surface area contributed by atoms with E-state index >= 15 is 0 Å². The SMILES string of the molecule is CCC(CC)(CS)CN1CCCC(OC)C1. The van der Waals surface area contributed by atoms with Gasteiger partial charge in [0.25, 0.3) is 0 Å². The van der Waals surface area contributed by atoms with E-state index in [0.717, 1.165) is 12.3 Å². The molecule has 16 heavy (non-hydrogen) atoms. The number of nitrogens with zero attached hydrogens (tertiary/aromatic N) is 1. The van der Waals surface area contributed by atoms with Crippen LogP contribution in [0.15, 0.2) is 0 Å². The largest absolute Gasteiger partial charge is 0.380 e. The quantitative estimate of drug-likeness (QED) is 0.723. The van der Waals surface area contributed by atoms with Crippen LogP contribution in [0.1, 0.15) is 39.5 Å². The molecule has 1 unspecified atom stereocenters. The molecule has 96 valence electrons. The molecule has 0 saturated carbocycles. The lowest BCUT2D eigenvalue weighted by atomic mass is 9.83. The highest BCUT2D eigenvalue weighted by Crippen LogP contribution is 2.30. The zero-order chi connectivity index (χ0) is 12.0. The van der Waals surface area contributed by atoms with Crippen molar-refractivity contribution in [2.75, 3.05) is 32.5 Å². The molecule has 1 rings (SSSR count). The van der Waals surface area contributed by atoms with Crippen LogP contribution in [0.25, 0.3) is 0 Å². The summed E-state index contributed by atoms with van der Waals surface area (Å²) in [5, 5.41) is 0. The maximum atomic E-state index is 5.48. The van der Waals surface area contributed by atoms with Gasteiger partial charge in [-0.05, 0) is 43.4 Å². The van der Waals surface area contributed by atoms with Gasteiger partial charge < -0.3 is 9.64 Å². The van der Waals surface area contributed by atoms with E-state index in [4.69, 9.17) is 4.74 Å². The molecule has 1 saturated heterocycles. The minimum atomic E-state index is 0.402. The van der Waals surface area contributed by atoms with Crippen LogP contribution in [0.2, 0.25) is 0 Å². The van der Waals surface area contributed by atoms with Crippen molar-refractivity contribution in [3.63, 3.8) is 0 Å². The summed E-state index contributed by atoms with van der Waals surface area (Å²) in [6, 6.07) is 0. The molecule has 0 radical (unpaired) electrons. The third kappa shape index (κ3) is 3.64. The Morgan fingerprint density at radius 2 is 2.06 bits per heavy atom. The number of thiol groups is 1. The predicted octanol–water partition coefficient (Wildman–Crippen LogP) is 2.83. The van der Waals surface area contributed by atoms with Crippen LogP contribution in [0, 0.1) is 5.41 Å². The fraction of sp³-hybridized carbons (Fsp3) is 1.00. The van der Waals surface area contributed by atoms with E-state index in [1.807, 2.05) is 7.11 Å². The lowest BCUT2D eigenvalue weighted by molar-refractivity contribution is 0.0157. The first-order valence-corrected chi connectivity index (χ1v) is 7.19. The first-order valence-electron chi connectivity index (χ1n) is 6.55. The van der Waals surface area contributed by atoms with Crippen LogP contribution in [0.3, 0.4) is 0 Å². The first kappa shape index (κ1) is 14.3. The summed E-state index contributed by atoms with van der Waals surface area (Å²) in [6.45, 7) is 8.10. The molecule has 0 aliphatic carbocycles. The molecule has 1 atom stereocenters. The zero-order valence-electron chi connectivity index (χ0n) is 11.0. The third-order valence-electron chi connectivity index (χ3n) is 4.19. The van der Waals surface area contributed by atoms with E-state index in [2.05, 4.69) is 31.4 Å². The Bertz CT molecular complexity index is 186. The van der Waals surface area contributed by atoms with Crippen molar-refractivity contribution in [2.24, 2.45) is 5.41 Å². The average Bonchev–Trinajstić information content (AvgIpc) is 2.36. The normalized spacial score (nSPS) is 23.6. The number of hydrogen-bond acceptors (Lipinski definition) is 3. The second kappa shape index (κ2) is 6.87. The summed E-state index contributed by atoms with van der Waals surface area (Å²) >= 11 is 4.55. The Kier molecular flexibility index (Phi) is 6.16. The molecule has 0 N–H and O–H groups in total. The lowest BCUT2D eigenvalue weighted by Crippen LogP contribution is -2.45. The van der Waals surface area contributed by atoms with Gasteiger partial charge >= 0.3 is 0 Å². The van der Waals surface area contributed by atoms with Gasteiger partial charge in [0.2, 0.25) is 0 Å². The topological polar surface area (TPSA) is 12.5 Å². The third-order valence-corrected chi connectivity index (χ3v) is 4.86. The van der Waals surface area contributed by atoms with Gasteiger partial charge in [0.15, 0.2) is 0 Å². The van der Waals surface area contributed by atoms with Gasteiger partial charge in [0, 0.05) is 20.2 Å². The van der Waals surface area contributed by atoms with Crippen LogP contribution in [-0.2, 0) is 4.74 Å². The van der Waals surface area contributed by atoms with Gasteiger partial charge in [-0.3, -0.25) is 0 Å². The smallest absolute Gasteiger partial charge is 0.0698 e. The van der Waals surface area contributed by atoms with E-state index in [-0.39, 0.29) is 0 Å². The molecule has 1 fully saturated rings. The molecule has 1 heterocycles. The summed E-state index contributed by atoms with van der Waals surface area (Å²) in [6.07, 6.45) is 5.39. The second-order valence-electron chi connectivity index (χ2n) is 5.10. The number of rotatable bonds is 6. The van der Waals surface area contributed by atoms with Gasteiger partial charge in [0.05, 0.1) is 6.10 Å². The van der Waals surface area contributed by atoms with E-state index in [1.54, 1.807) is 0 Å². The van der Waals surface area contributed by atoms with Crippen LogP contribution < -0.4 is 0 Å². The summed E-state index contributed by atoms with van der Waals surface area (Å²) in [7, 11) is 1.83. The highest BCUT2D eigenvalue weighted by Gasteiger charge is 2.29. The fourth-order valence-corrected chi connectivity index (χ4v) is 3.12. The van der Waals surface area contributed by atoms with Gasteiger partial charge in [-0.1, -0.05) is 13.8 Å². The molecule has 2 nitrogen and oxygen atoms in total. The van der Waals surface area contributed by atoms with Crippen molar-refractivity contribution in [1.29, 1.82) is 0 Å². The summed E-state index contributed by atoms with van der Waals surface area (Å²) < 4.78 is 5.48. The van der Waals surface area contributed by atoms with Crippen LogP contribution in [0.5, 0.6) is 0 Å². The van der Waals surface area contributed by atoms with Gasteiger partial charge in [-0.2, -0.15) is 12.6 Å². The summed E-state index contributed by atoms with van der Waals surface area (Å²) in [5.41, 5.74) is 0.402. The Labute approximate surface area is 106 Å². The van der Waals surface area contributed by atoms with Crippen molar-refractivity contribution in [3.8, 4) is 0 Å². The standard InChI is InChI=1S/C13H27NOS/c1-4-13(5-2,11-16)10-14-8-6-7-12(9-14)15-3/h12,16H,4-11H2,1-3H3. The Balaban J connectivity index is 2.50. The first-order chi connectivity index (χ1) is 7.69. The predicted molar refractivity (Wildman–Crippen MR) is 73.3 cm³/mol. The fourth-order valence-electron chi connectivity index (χ4n) is 2.57. The van der Waals surface area contributed by atoms with Crippen molar-refractivity contribution in [3.05, 3.63) is 0 Å². The van der Waals surface area contributed by atoms with Crippen LogP contribution in [0.4, 0.5) is 0 Å². The number of likely N-dealkylation sites (tertiary alicyclic amines) is 1. The average molecular weight is 245 g/mol. The molecular weight excluding hydrogens is 218 g/mol. The van der Waals surface area contributed by atoms with Crippen molar-refractivity contribution < 1.29 is 4.74 Å². The molecule has 0 bridgehead atoms. The zero-order valence-corrected chi connectivity index (χ0v) is 11.9. The van der Waals surface area contributed by atoms with Crippen LogP contribution in [-0.4, -0.2) is 43.5 Å². The Hall–Kier alpha value is 0.270. The highest BCUT2D eigenvalue weighted by atomic mass is 32.1. The number of piperidine rings is 1. The molecule has 0 aromatic rings. The van der Waals surface area contributed by atoms with E-state index in [0.29, 0.717) is 11.5 Å².